The van der Waals surface area contributed by atoms with E-state index in [1.807, 2.05) is 6.08 Å². The molecule has 78 valence electrons. The van der Waals surface area contributed by atoms with Crippen molar-refractivity contribution in [3.8, 4) is 0 Å². The van der Waals surface area contributed by atoms with E-state index in [1.54, 1.807) is 14.2 Å². The SMILES string of the molecule is C=CCCC(COC)(OC)C(C)C. The van der Waals surface area contributed by atoms with Crippen molar-refractivity contribution in [2.45, 2.75) is 32.3 Å². The molecule has 0 aliphatic heterocycles. The van der Waals surface area contributed by atoms with Crippen LogP contribution < -0.4 is 0 Å². The molecule has 13 heavy (non-hydrogen) atoms. The quantitative estimate of drug-likeness (QED) is 0.569. The lowest BCUT2D eigenvalue weighted by molar-refractivity contribution is -0.0987. The number of hydrogen-bond donors (Lipinski definition) is 0. The molecule has 0 heterocycles. The average Bonchev–Trinajstić information content (AvgIpc) is 2.12. The van der Waals surface area contributed by atoms with E-state index in [-0.39, 0.29) is 5.60 Å². The maximum absolute atomic E-state index is 5.57. The predicted octanol–water partition coefficient (Wildman–Crippen LogP) is 2.64. The minimum absolute atomic E-state index is 0.150. The molecule has 0 aromatic carbocycles. The molecule has 0 aromatic rings. The molecule has 2 heteroatoms. The van der Waals surface area contributed by atoms with Crippen LogP contribution in [0.25, 0.3) is 0 Å². The lowest BCUT2D eigenvalue weighted by Crippen LogP contribution is -2.41. The van der Waals surface area contributed by atoms with Gasteiger partial charge in [0.1, 0.15) is 0 Å². The van der Waals surface area contributed by atoms with E-state index in [4.69, 9.17) is 9.47 Å². The summed E-state index contributed by atoms with van der Waals surface area (Å²) in [4.78, 5) is 0. The second-order valence-corrected chi connectivity index (χ2v) is 3.68. The molecule has 0 fully saturated rings. The molecule has 0 bridgehead atoms. The Balaban J connectivity index is 4.34. The topological polar surface area (TPSA) is 18.5 Å². The molecule has 0 saturated heterocycles. The predicted molar refractivity (Wildman–Crippen MR) is 55.9 cm³/mol. The Labute approximate surface area is 81.9 Å². The van der Waals surface area contributed by atoms with Crippen molar-refractivity contribution in [3.05, 3.63) is 12.7 Å². The van der Waals surface area contributed by atoms with Gasteiger partial charge < -0.3 is 9.47 Å². The normalized spacial score (nSPS) is 15.8. The highest BCUT2D eigenvalue weighted by Crippen LogP contribution is 2.27. The van der Waals surface area contributed by atoms with E-state index in [0.717, 1.165) is 12.8 Å². The zero-order valence-electron chi connectivity index (χ0n) is 9.30. The summed E-state index contributed by atoms with van der Waals surface area (Å²) >= 11 is 0. The number of rotatable bonds is 7. The average molecular weight is 186 g/mol. The van der Waals surface area contributed by atoms with Crippen LogP contribution in [0.5, 0.6) is 0 Å². The summed E-state index contributed by atoms with van der Waals surface area (Å²) in [5.74, 6) is 0.456. The molecular weight excluding hydrogens is 164 g/mol. The van der Waals surface area contributed by atoms with Crippen molar-refractivity contribution in [1.29, 1.82) is 0 Å². The third-order valence-electron chi connectivity index (χ3n) is 2.62. The van der Waals surface area contributed by atoms with Crippen LogP contribution in [0.2, 0.25) is 0 Å². The first-order valence-corrected chi connectivity index (χ1v) is 4.78. The molecule has 0 aliphatic rings. The Morgan fingerprint density at radius 2 is 2.00 bits per heavy atom. The Bertz CT molecular complexity index is 143. The zero-order chi connectivity index (χ0) is 10.3. The summed E-state index contributed by atoms with van der Waals surface area (Å²) in [5.41, 5.74) is -0.150. The number of ether oxygens (including phenoxy) is 2. The number of methoxy groups -OCH3 is 2. The maximum Gasteiger partial charge on any atom is 0.0936 e. The van der Waals surface area contributed by atoms with Crippen molar-refractivity contribution in [2.24, 2.45) is 5.92 Å². The van der Waals surface area contributed by atoms with Crippen LogP contribution in [-0.2, 0) is 9.47 Å². The van der Waals surface area contributed by atoms with E-state index in [9.17, 15) is 0 Å². The first-order valence-electron chi connectivity index (χ1n) is 4.78. The Kier molecular flexibility index (Phi) is 6.00. The van der Waals surface area contributed by atoms with E-state index in [2.05, 4.69) is 20.4 Å². The van der Waals surface area contributed by atoms with Crippen LogP contribution in [0.1, 0.15) is 26.7 Å². The van der Waals surface area contributed by atoms with Gasteiger partial charge in [-0.1, -0.05) is 19.9 Å². The van der Waals surface area contributed by atoms with Gasteiger partial charge >= 0.3 is 0 Å². The van der Waals surface area contributed by atoms with Crippen LogP contribution in [-0.4, -0.2) is 26.4 Å². The van der Waals surface area contributed by atoms with Crippen molar-refractivity contribution >= 4 is 0 Å². The van der Waals surface area contributed by atoms with Crippen LogP contribution in [0.15, 0.2) is 12.7 Å². The largest absolute Gasteiger partial charge is 0.382 e. The van der Waals surface area contributed by atoms with E-state index >= 15 is 0 Å². The van der Waals surface area contributed by atoms with Gasteiger partial charge in [0.05, 0.1) is 12.2 Å². The molecule has 1 atom stereocenters. The number of allylic oxidation sites excluding steroid dienone is 1. The Morgan fingerprint density at radius 1 is 1.38 bits per heavy atom. The van der Waals surface area contributed by atoms with Gasteiger partial charge in [-0.3, -0.25) is 0 Å². The third kappa shape index (κ3) is 3.49. The molecule has 0 radical (unpaired) electrons. The molecule has 0 spiro atoms. The highest BCUT2D eigenvalue weighted by molar-refractivity contribution is 4.86. The van der Waals surface area contributed by atoms with Gasteiger partial charge in [-0.05, 0) is 18.8 Å². The molecule has 0 aromatic heterocycles. The van der Waals surface area contributed by atoms with Crippen molar-refractivity contribution in [1.82, 2.24) is 0 Å². The fraction of sp³-hybridized carbons (Fsp3) is 0.818. The van der Waals surface area contributed by atoms with Gasteiger partial charge in [0.25, 0.3) is 0 Å². The maximum atomic E-state index is 5.57. The van der Waals surface area contributed by atoms with Crippen molar-refractivity contribution < 1.29 is 9.47 Å². The molecule has 0 amide bonds. The Morgan fingerprint density at radius 3 is 2.31 bits per heavy atom. The summed E-state index contributed by atoms with van der Waals surface area (Å²) in [6, 6.07) is 0. The van der Waals surface area contributed by atoms with Crippen molar-refractivity contribution in [3.63, 3.8) is 0 Å². The molecule has 2 nitrogen and oxygen atoms in total. The van der Waals surface area contributed by atoms with Gasteiger partial charge in [-0.25, -0.2) is 0 Å². The minimum atomic E-state index is -0.150. The van der Waals surface area contributed by atoms with Crippen LogP contribution in [0.3, 0.4) is 0 Å². The molecule has 0 rings (SSSR count). The smallest absolute Gasteiger partial charge is 0.0936 e. The second-order valence-electron chi connectivity index (χ2n) is 3.68. The lowest BCUT2D eigenvalue weighted by Gasteiger charge is -2.35. The molecule has 0 N–H and O–H groups in total. The summed E-state index contributed by atoms with van der Waals surface area (Å²) in [6.07, 6.45) is 3.86. The summed E-state index contributed by atoms with van der Waals surface area (Å²) in [5, 5.41) is 0. The van der Waals surface area contributed by atoms with E-state index in [0.29, 0.717) is 12.5 Å². The second kappa shape index (κ2) is 6.17. The molecule has 0 aliphatic carbocycles. The van der Waals surface area contributed by atoms with Gasteiger partial charge in [-0.15, -0.1) is 6.58 Å². The minimum Gasteiger partial charge on any atom is -0.382 e. The zero-order valence-corrected chi connectivity index (χ0v) is 9.30. The first-order chi connectivity index (χ1) is 6.13. The van der Waals surface area contributed by atoms with Crippen LogP contribution >= 0.6 is 0 Å². The first kappa shape index (κ1) is 12.7. The summed E-state index contributed by atoms with van der Waals surface area (Å²) in [6.45, 7) is 8.69. The van der Waals surface area contributed by atoms with Gasteiger partial charge in [0.2, 0.25) is 0 Å². The monoisotopic (exact) mass is 186 g/mol. The number of hydrogen-bond acceptors (Lipinski definition) is 2. The molecular formula is C11H22O2. The fourth-order valence-electron chi connectivity index (χ4n) is 1.51. The molecule has 0 saturated carbocycles. The van der Waals surface area contributed by atoms with E-state index < -0.39 is 0 Å². The highest BCUT2D eigenvalue weighted by Gasteiger charge is 2.32. The van der Waals surface area contributed by atoms with Crippen molar-refractivity contribution in [2.75, 3.05) is 20.8 Å². The Hall–Kier alpha value is -0.340. The summed E-state index contributed by atoms with van der Waals surface area (Å²) in [7, 11) is 3.46. The standard InChI is InChI=1S/C11H22O2/c1-6-7-8-11(13-5,9-12-4)10(2)3/h6,10H,1,7-9H2,2-5H3. The van der Waals surface area contributed by atoms with Gasteiger partial charge in [-0.2, -0.15) is 0 Å². The third-order valence-corrected chi connectivity index (χ3v) is 2.62. The molecule has 1 unspecified atom stereocenters. The summed E-state index contributed by atoms with van der Waals surface area (Å²) < 4.78 is 10.8. The lowest BCUT2D eigenvalue weighted by atomic mass is 9.86. The van der Waals surface area contributed by atoms with E-state index in [1.165, 1.54) is 0 Å². The van der Waals surface area contributed by atoms with Crippen LogP contribution in [0.4, 0.5) is 0 Å². The van der Waals surface area contributed by atoms with Crippen LogP contribution in [0, 0.1) is 5.92 Å². The van der Waals surface area contributed by atoms with Gasteiger partial charge in [0.15, 0.2) is 0 Å². The highest BCUT2D eigenvalue weighted by atomic mass is 16.5. The fourth-order valence-corrected chi connectivity index (χ4v) is 1.51. The van der Waals surface area contributed by atoms with Gasteiger partial charge in [0, 0.05) is 14.2 Å².